The van der Waals surface area contributed by atoms with E-state index in [1.54, 1.807) is 6.20 Å². The van der Waals surface area contributed by atoms with E-state index in [9.17, 15) is 5.11 Å². The minimum atomic E-state index is -0.576. The van der Waals surface area contributed by atoms with Crippen LogP contribution in [-0.2, 0) is 13.0 Å². The van der Waals surface area contributed by atoms with Crippen LogP contribution in [0, 0.1) is 0 Å². The zero-order valence-electron chi connectivity index (χ0n) is 11.8. The van der Waals surface area contributed by atoms with Crippen molar-refractivity contribution in [3.05, 3.63) is 64.4 Å². The Bertz CT molecular complexity index is 761. The summed E-state index contributed by atoms with van der Waals surface area (Å²) in [5.74, 6) is 0. The number of aliphatic hydroxyl groups is 1. The Morgan fingerprint density at radius 1 is 1.19 bits per heavy atom. The number of nitrogens with zero attached hydrogens (tertiary/aromatic N) is 2. The Morgan fingerprint density at radius 3 is 2.76 bits per heavy atom. The van der Waals surface area contributed by atoms with Crippen LogP contribution in [-0.4, -0.2) is 14.9 Å². The van der Waals surface area contributed by atoms with E-state index in [0.717, 1.165) is 22.3 Å². The molecule has 0 fully saturated rings. The zero-order valence-corrected chi connectivity index (χ0v) is 13.4. The van der Waals surface area contributed by atoms with E-state index in [1.807, 2.05) is 29.8 Å². The van der Waals surface area contributed by atoms with E-state index in [1.165, 1.54) is 10.8 Å². The molecule has 0 radical (unpaired) electrons. The van der Waals surface area contributed by atoms with E-state index >= 15 is 0 Å². The summed E-state index contributed by atoms with van der Waals surface area (Å²) in [6.45, 7) is 2.76. The first-order valence-corrected chi connectivity index (χ1v) is 7.86. The molecule has 0 amide bonds. The molecular formula is C17H17BrN2O. The standard InChI is InChI=1S/C17H17BrN2O/c1-2-20-17(15(18)11-19-20)16(21)10-13-8-5-7-12-6-3-4-9-14(12)13/h3-9,11,16,21H,2,10H2,1H3. The Kier molecular flexibility index (Phi) is 4.08. The molecule has 0 aliphatic rings. The van der Waals surface area contributed by atoms with Gasteiger partial charge in [-0.05, 0) is 39.2 Å². The third kappa shape index (κ3) is 2.74. The van der Waals surface area contributed by atoms with Gasteiger partial charge >= 0.3 is 0 Å². The van der Waals surface area contributed by atoms with Crippen LogP contribution >= 0.6 is 15.9 Å². The molecule has 1 unspecified atom stereocenters. The highest BCUT2D eigenvalue weighted by Crippen LogP contribution is 2.28. The second kappa shape index (κ2) is 6.00. The number of aliphatic hydroxyl groups excluding tert-OH is 1. The van der Waals surface area contributed by atoms with Gasteiger partial charge in [0, 0.05) is 13.0 Å². The van der Waals surface area contributed by atoms with Crippen LogP contribution in [0.5, 0.6) is 0 Å². The second-order valence-corrected chi connectivity index (χ2v) is 5.91. The van der Waals surface area contributed by atoms with Gasteiger partial charge in [-0.1, -0.05) is 42.5 Å². The van der Waals surface area contributed by atoms with E-state index in [0.29, 0.717) is 6.42 Å². The molecule has 1 atom stereocenters. The molecule has 21 heavy (non-hydrogen) atoms. The highest BCUT2D eigenvalue weighted by atomic mass is 79.9. The lowest BCUT2D eigenvalue weighted by Crippen LogP contribution is -2.11. The van der Waals surface area contributed by atoms with E-state index < -0.39 is 6.10 Å². The molecule has 3 nitrogen and oxygen atoms in total. The molecule has 4 heteroatoms. The largest absolute Gasteiger partial charge is 0.386 e. The summed E-state index contributed by atoms with van der Waals surface area (Å²) in [5, 5.41) is 17.3. The van der Waals surface area contributed by atoms with Crippen molar-refractivity contribution in [1.82, 2.24) is 9.78 Å². The zero-order chi connectivity index (χ0) is 14.8. The van der Waals surface area contributed by atoms with Gasteiger partial charge in [0.05, 0.1) is 16.4 Å². The molecule has 0 bridgehead atoms. The van der Waals surface area contributed by atoms with Crippen LogP contribution in [0.15, 0.2) is 53.1 Å². The summed E-state index contributed by atoms with van der Waals surface area (Å²) >= 11 is 3.48. The molecule has 0 aliphatic carbocycles. The summed E-state index contributed by atoms with van der Waals surface area (Å²) < 4.78 is 2.69. The highest BCUT2D eigenvalue weighted by Gasteiger charge is 2.18. The van der Waals surface area contributed by atoms with Gasteiger partial charge < -0.3 is 5.11 Å². The average Bonchev–Trinajstić information content (AvgIpc) is 2.88. The van der Waals surface area contributed by atoms with Crippen molar-refractivity contribution in [2.24, 2.45) is 0 Å². The van der Waals surface area contributed by atoms with E-state index in [-0.39, 0.29) is 0 Å². The molecule has 1 aromatic heterocycles. The third-order valence-electron chi connectivity index (χ3n) is 3.74. The number of rotatable bonds is 4. The maximum atomic E-state index is 10.6. The first kappa shape index (κ1) is 14.3. The summed E-state index contributed by atoms with van der Waals surface area (Å²) in [6, 6.07) is 14.5. The van der Waals surface area contributed by atoms with E-state index in [2.05, 4.69) is 45.3 Å². The second-order valence-electron chi connectivity index (χ2n) is 5.05. The van der Waals surface area contributed by atoms with Crippen LogP contribution in [0.3, 0.4) is 0 Å². The fraction of sp³-hybridized carbons (Fsp3) is 0.235. The van der Waals surface area contributed by atoms with Crippen molar-refractivity contribution in [3.63, 3.8) is 0 Å². The van der Waals surface area contributed by atoms with Gasteiger partial charge in [0.1, 0.15) is 6.10 Å². The number of halogens is 1. The molecule has 1 N–H and O–H groups in total. The lowest BCUT2D eigenvalue weighted by molar-refractivity contribution is 0.166. The first-order chi connectivity index (χ1) is 10.2. The van der Waals surface area contributed by atoms with Crippen LogP contribution in [0.25, 0.3) is 10.8 Å². The molecular weight excluding hydrogens is 328 g/mol. The number of hydrogen-bond acceptors (Lipinski definition) is 2. The van der Waals surface area contributed by atoms with Crippen molar-refractivity contribution >= 4 is 26.7 Å². The van der Waals surface area contributed by atoms with Crippen LogP contribution < -0.4 is 0 Å². The predicted octanol–water partition coefficient (Wildman–Crippen LogP) is 4.09. The first-order valence-electron chi connectivity index (χ1n) is 7.06. The van der Waals surface area contributed by atoms with Gasteiger partial charge in [0.2, 0.25) is 0 Å². The topological polar surface area (TPSA) is 38.0 Å². The predicted molar refractivity (Wildman–Crippen MR) is 88.2 cm³/mol. The number of fused-ring (bicyclic) bond motifs is 1. The molecule has 0 saturated heterocycles. The quantitative estimate of drug-likeness (QED) is 0.773. The van der Waals surface area contributed by atoms with Crippen molar-refractivity contribution in [2.75, 3.05) is 0 Å². The summed E-state index contributed by atoms with van der Waals surface area (Å²) in [6.07, 6.45) is 1.74. The minimum Gasteiger partial charge on any atom is -0.386 e. The van der Waals surface area contributed by atoms with E-state index in [4.69, 9.17) is 0 Å². The number of benzene rings is 2. The molecule has 3 aromatic rings. The number of aromatic nitrogens is 2. The summed E-state index contributed by atoms with van der Waals surface area (Å²) in [5.41, 5.74) is 1.99. The number of hydrogen-bond donors (Lipinski definition) is 1. The van der Waals surface area contributed by atoms with Gasteiger partial charge in [0.25, 0.3) is 0 Å². The Morgan fingerprint density at radius 2 is 1.95 bits per heavy atom. The number of aryl methyl sites for hydroxylation is 1. The lowest BCUT2D eigenvalue weighted by Gasteiger charge is -2.15. The third-order valence-corrected chi connectivity index (χ3v) is 4.35. The highest BCUT2D eigenvalue weighted by molar-refractivity contribution is 9.10. The van der Waals surface area contributed by atoms with Crippen molar-refractivity contribution in [3.8, 4) is 0 Å². The maximum absolute atomic E-state index is 10.6. The normalized spacial score (nSPS) is 12.7. The van der Waals surface area contributed by atoms with Gasteiger partial charge in [-0.25, -0.2) is 0 Å². The Balaban J connectivity index is 1.96. The van der Waals surface area contributed by atoms with Gasteiger partial charge in [-0.2, -0.15) is 5.10 Å². The SMILES string of the molecule is CCn1ncc(Br)c1C(O)Cc1cccc2ccccc12. The smallest absolute Gasteiger partial charge is 0.101 e. The van der Waals surface area contributed by atoms with Crippen molar-refractivity contribution in [2.45, 2.75) is 26.0 Å². The molecule has 108 valence electrons. The summed E-state index contributed by atoms with van der Waals surface area (Å²) in [7, 11) is 0. The van der Waals surface area contributed by atoms with Crippen molar-refractivity contribution in [1.29, 1.82) is 0 Å². The van der Waals surface area contributed by atoms with Gasteiger partial charge in [-0.3, -0.25) is 4.68 Å². The van der Waals surface area contributed by atoms with Crippen molar-refractivity contribution < 1.29 is 5.11 Å². The fourth-order valence-corrected chi connectivity index (χ4v) is 3.29. The average molecular weight is 345 g/mol. The van der Waals surface area contributed by atoms with Gasteiger partial charge in [0.15, 0.2) is 0 Å². The molecule has 0 aliphatic heterocycles. The van der Waals surface area contributed by atoms with Crippen LogP contribution in [0.4, 0.5) is 0 Å². The molecule has 1 heterocycles. The van der Waals surface area contributed by atoms with Crippen LogP contribution in [0.2, 0.25) is 0 Å². The Hall–Kier alpha value is -1.65. The maximum Gasteiger partial charge on any atom is 0.101 e. The molecule has 2 aromatic carbocycles. The molecule has 0 saturated carbocycles. The molecule has 3 rings (SSSR count). The Labute approximate surface area is 132 Å². The summed E-state index contributed by atoms with van der Waals surface area (Å²) in [4.78, 5) is 0. The minimum absolute atomic E-state index is 0.575. The fourth-order valence-electron chi connectivity index (χ4n) is 2.73. The molecule has 0 spiro atoms. The lowest BCUT2D eigenvalue weighted by atomic mass is 9.99. The monoisotopic (exact) mass is 344 g/mol. The van der Waals surface area contributed by atoms with Crippen LogP contribution in [0.1, 0.15) is 24.3 Å². The van der Waals surface area contributed by atoms with Gasteiger partial charge in [-0.15, -0.1) is 0 Å².